The summed E-state index contributed by atoms with van der Waals surface area (Å²) in [5.41, 5.74) is 2.92. The van der Waals surface area contributed by atoms with E-state index in [2.05, 4.69) is 9.97 Å². The van der Waals surface area contributed by atoms with E-state index in [0.29, 0.717) is 12.0 Å². The summed E-state index contributed by atoms with van der Waals surface area (Å²) in [6, 6.07) is 8.02. The lowest BCUT2D eigenvalue weighted by Gasteiger charge is -2.25. The summed E-state index contributed by atoms with van der Waals surface area (Å²) in [6.07, 6.45) is 1.45. The maximum atomic E-state index is 14.3. The molecule has 3 heterocycles. The lowest BCUT2D eigenvalue weighted by atomic mass is 9.97. The number of alkyl halides is 2. The van der Waals surface area contributed by atoms with E-state index in [0.717, 1.165) is 22.3 Å². The fraction of sp³-hybridized carbons (Fsp3) is 0.278. The number of nitrogens with one attached hydrogen (secondary N) is 1. The minimum absolute atomic E-state index is 0.246. The van der Waals surface area contributed by atoms with Crippen LogP contribution < -0.4 is 0 Å². The second-order valence-corrected chi connectivity index (χ2v) is 8.49. The van der Waals surface area contributed by atoms with E-state index in [4.69, 9.17) is 0 Å². The van der Waals surface area contributed by atoms with Gasteiger partial charge in [0.2, 0.25) is 0 Å². The Bertz CT molecular complexity index is 1090. The third-order valence-electron chi connectivity index (χ3n) is 4.73. The van der Waals surface area contributed by atoms with Crippen molar-refractivity contribution in [2.24, 2.45) is 0 Å². The van der Waals surface area contributed by atoms with E-state index in [1.165, 1.54) is 12.1 Å². The largest absolute Gasteiger partial charge is 0.343 e. The van der Waals surface area contributed by atoms with E-state index in [9.17, 15) is 17.2 Å². The normalized spacial score (nSPS) is 18.2. The standard InChI is InChI=1S/C18H16F2N2O2S/c1-11-14(13-3-2-7-21-17(13)22-11)9-12-4-5-16-15(10-12)18(19,20)6-8-25(16,23)24/h2-5,7,10H,6,8-9H2,1H3,(H,21,22). The fourth-order valence-corrected chi connectivity index (χ4v) is 4.95. The van der Waals surface area contributed by atoms with Gasteiger partial charge in [0, 0.05) is 29.3 Å². The zero-order chi connectivity index (χ0) is 17.8. The van der Waals surface area contributed by atoms with Gasteiger partial charge in [-0.2, -0.15) is 0 Å². The van der Waals surface area contributed by atoms with E-state index < -0.39 is 27.9 Å². The molecule has 7 heteroatoms. The molecule has 0 bridgehead atoms. The van der Waals surface area contributed by atoms with Gasteiger partial charge in [-0.15, -0.1) is 0 Å². The van der Waals surface area contributed by atoms with Crippen molar-refractivity contribution in [2.75, 3.05) is 5.75 Å². The third kappa shape index (κ3) is 2.63. The number of hydrogen-bond donors (Lipinski definition) is 1. The molecule has 0 fully saturated rings. The first kappa shape index (κ1) is 16.2. The zero-order valence-electron chi connectivity index (χ0n) is 13.5. The van der Waals surface area contributed by atoms with Crippen molar-refractivity contribution in [3.8, 4) is 0 Å². The smallest absolute Gasteiger partial charge is 0.275 e. The average molecular weight is 362 g/mol. The molecule has 130 valence electrons. The number of aromatic amines is 1. The minimum Gasteiger partial charge on any atom is -0.343 e. The van der Waals surface area contributed by atoms with E-state index in [1.54, 1.807) is 12.3 Å². The van der Waals surface area contributed by atoms with Crippen LogP contribution >= 0.6 is 0 Å². The minimum atomic E-state index is -3.63. The molecule has 0 aliphatic carbocycles. The van der Waals surface area contributed by atoms with Crippen LogP contribution in [0.1, 0.15) is 28.8 Å². The fourth-order valence-electron chi connectivity index (χ4n) is 3.39. The number of fused-ring (bicyclic) bond motifs is 2. The molecule has 1 aromatic carbocycles. The van der Waals surface area contributed by atoms with Crippen molar-refractivity contribution in [3.05, 3.63) is 58.9 Å². The first-order valence-corrected chi connectivity index (χ1v) is 9.59. The van der Waals surface area contributed by atoms with Crippen molar-refractivity contribution in [2.45, 2.75) is 30.6 Å². The number of aryl methyl sites for hydroxylation is 1. The molecule has 3 aromatic rings. The van der Waals surface area contributed by atoms with E-state index in [1.807, 2.05) is 19.1 Å². The highest BCUT2D eigenvalue weighted by Crippen LogP contribution is 2.42. The van der Waals surface area contributed by atoms with Crippen molar-refractivity contribution in [3.63, 3.8) is 0 Å². The molecule has 1 aliphatic heterocycles. The Morgan fingerprint density at radius 1 is 1.28 bits per heavy atom. The summed E-state index contributed by atoms with van der Waals surface area (Å²) >= 11 is 0. The van der Waals surface area contributed by atoms with Crippen molar-refractivity contribution in [1.82, 2.24) is 9.97 Å². The molecule has 0 amide bonds. The SMILES string of the molecule is Cc1[nH]c2ncccc2c1Cc1ccc2c(c1)C(F)(F)CCS2(=O)=O. The molecule has 0 unspecified atom stereocenters. The van der Waals surface area contributed by atoms with Gasteiger partial charge < -0.3 is 4.98 Å². The number of benzene rings is 1. The molecule has 0 spiro atoms. The van der Waals surface area contributed by atoms with Gasteiger partial charge in [0.1, 0.15) is 5.65 Å². The van der Waals surface area contributed by atoms with Crippen LogP contribution in [0.25, 0.3) is 11.0 Å². The quantitative estimate of drug-likeness (QED) is 0.755. The molecule has 0 atom stereocenters. The molecule has 2 aromatic heterocycles. The molecule has 0 saturated heterocycles. The van der Waals surface area contributed by atoms with Gasteiger partial charge in [-0.05, 0) is 48.7 Å². The molecule has 1 aliphatic rings. The van der Waals surface area contributed by atoms with Gasteiger partial charge >= 0.3 is 0 Å². The van der Waals surface area contributed by atoms with Crippen LogP contribution in [-0.2, 0) is 22.2 Å². The first-order chi connectivity index (χ1) is 11.8. The summed E-state index contributed by atoms with van der Waals surface area (Å²) < 4.78 is 52.6. The molecule has 1 N–H and O–H groups in total. The van der Waals surface area contributed by atoms with Gasteiger partial charge in [-0.1, -0.05) is 6.07 Å². The highest BCUT2D eigenvalue weighted by atomic mass is 32.2. The summed E-state index contributed by atoms with van der Waals surface area (Å²) in [5, 5.41) is 0.942. The number of pyridine rings is 1. The summed E-state index contributed by atoms with van der Waals surface area (Å²) in [7, 11) is -3.63. The monoisotopic (exact) mass is 362 g/mol. The lowest BCUT2D eigenvalue weighted by Crippen LogP contribution is -2.28. The second kappa shape index (κ2) is 5.36. The average Bonchev–Trinajstić information content (AvgIpc) is 2.88. The Balaban J connectivity index is 1.81. The zero-order valence-corrected chi connectivity index (χ0v) is 14.3. The second-order valence-electron chi connectivity index (χ2n) is 6.41. The summed E-state index contributed by atoms with van der Waals surface area (Å²) in [4.78, 5) is 7.20. The number of hydrogen-bond acceptors (Lipinski definition) is 3. The number of halogens is 2. The van der Waals surface area contributed by atoms with Gasteiger partial charge in [0.15, 0.2) is 9.84 Å². The highest BCUT2D eigenvalue weighted by molar-refractivity contribution is 7.91. The molecule has 4 rings (SSSR count). The van der Waals surface area contributed by atoms with Crippen molar-refractivity contribution >= 4 is 20.9 Å². The number of nitrogens with zero attached hydrogens (tertiary/aromatic N) is 1. The first-order valence-electron chi connectivity index (χ1n) is 7.94. The Morgan fingerprint density at radius 3 is 2.88 bits per heavy atom. The van der Waals surface area contributed by atoms with Gasteiger partial charge in [-0.3, -0.25) is 0 Å². The topological polar surface area (TPSA) is 62.8 Å². The van der Waals surface area contributed by atoms with Gasteiger partial charge in [-0.25, -0.2) is 22.2 Å². The van der Waals surface area contributed by atoms with Crippen molar-refractivity contribution in [1.29, 1.82) is 0 Å². The molecule has 0 radical (unpaired) electrons. The van der Waals surface area contributed by atoms with Gasteiger partial charge in [0.25, 0.3) is 5.92 Å². The van der Waals surface area contributed by atoms with E-state index in [-0.39, 0.29) is 10.5 Å². The Hall–Kier alpha value is -2.28. The van der Waals surface area contributed by atoms with Gasteiger partial charge in [0.05, 0.1) is 10.6 Å². The number of H-pyrrole nitrogens is 1. The Kier molecular flexibility index (Phi) is 3.47. The number of aromatic nitrogens is 2. The third-order valence-corrected chi connectivity index (χ3v) is 6.50. The van der Waals surface area contributed by atoms with Crippen LogP contribution in [0.15, 0.2) is 41.4 Å². The predicted octanol–water partition coefficient (Wildman–Crippen LogP) is 3.73. The summed E-state index contributed by atoms with van der Waals surface area (Å²) in [6.45, 7) is 1.91. The van der Waals surface area contributed by atoms with Crippen LogP contribution in [0.2, 0.25) is 0 Å². The van der Waals surface area contributed by atoms with Crippen LogP contribution in [0.3, 0.4) is 0 Å². The maximum absolute atomic E-state index is 14.3. The Labute approximate surface area is 143 Å². The molecular formula is C18H16F2N2O2S. The van der Waals surface area contributed by atoms with Crippen LogP contribution in [-0.4, -0.2) is 24.1 Å². The Morgan fingerprint density at radius 2 is 2.08 bits per heavy atom. The highest BCUT2D eigenvalue weighted by Gasteiger charge is 2.42. The van der Waals surface area contributed by atoms with Crippen LogP contribution in [0.4, 0.5) is 8.78 Å². The predicted molar refractivity (Wildman–Crippen MR) is 90.6 cm³/mol. The molecule has 25 heavy (non-hydrogen) atoms. The van der Waals surface area contributed by atoms with Crippen molar-refractivity contribution < 1.29 is 17.2 Å². The van der Waals surface area contributed by atoms with E-state index >= 15 is 0 Å². The molecule has 4 nitrogen and oxygen atoms in total. The molecule has 0 saturated carbocycles. The maximum Gasteiger partial charge on any atom is 0.275 e. The van der Waals surface area contributed by atoms with Crippen LogP contribution in [0.5, 0.6) is 0 Å². The lowest BCUT2D eigenvalue weighted by molar-refractivity contribution is -0.0127. The number of rotatable bonds is 2. The van der Waals surface area contributed by atoms with Crippen LogP contribution in [0, 0.1) is 6.92 Å². The number of sulfone groups is 1. The molecular weight excluding hydrogens is 346 g/mol. The summed E-state index contributed by atoms with van der Waals surface area (Å²) in [5.74, 6) is -3.63.